The third-order valence-electron chi connectivity index (χ3n) is 6.45. The van der Waals surface area contributed by atoms with Crippen molar-refractivity contribution in [3.8, 4) is 5.75 Å². The molecule has 30 heavy (non-hydrogen) atoms. The predicted molar refractivity (Wildman–Crippen MR) is 125 cm³/mol. The van der Waals surface area contributed by atoms with Crippen LogP contribution in [0.25, 0.3) is 0 Å². The molecule has 0 spiro atoms. The number of hydrogen-bond acceptors (Lipinski definition) is 5. The Bertz CT molecular complexity index is 597. The lowest BCUT2D eigenvalue weighted by molar-refractivity contribution is -0.0373. The molecule has 0 radical (unpaired) electrons. The Balaban J connectivity index is 2.34. The first-order valence-electron chi connectivity index (χ1n) is 11.1. The lowest BCUT2D eigenvalue weighted by Crippen LogP contribution is -2.41. The number of methoxy groups -OCH3 is 1. The van der Waals surface area contributed by atoms with Crippen LogP contribution in [0.15, 0.2) is 24.3 Å². The molecule has 1 aromatic carbocycles. The first-order valence-corrected chi connectivity index (χ1v) is 14.0. The zero-order valence-electron chi connectivity index (χ0n) is 20.3. The summed E-state index contributed by atoms with van der Waals surface area (Å²) < 4.78 is 17.1. The van der Waals surface area contributed by atoms with Gasteiger partial charge in [0.2, 0.25) is 0 Å². The summed E-state index contributed by atoms with van der Waals surface area (Å²) >= 11 is 0. The van der Waals surface area contributed by atoms with Crippen molar-refractivity contribution >= 4 is 8.32 Å². The van der Waals surface area contributed by atoms with E-state index in [4.69, 9.17) is 13.9 Å². The molecule has 0 aliphatic heterocycles. The summed E-state index contributed by atoms with van der Waals surface area (Å²) in [5.41, 5.74) is 1.06. The zero-order valence-corrected chi connectivity index (χ0v) is 21.3. The van der Waals surface area contributed by atoms with Gasteiger partial charge in [-0.15, -0.1) is 0 Å². The molecule has 5 nitrogen and oxygen atoms in total. The monoisotopic (exact) mass is 440 g/mol. The Labute approximate surface area is 184 Å². The van der Waals surface area contributed by atoms with Crippen molar-refractivity contribution in [1.29, 1.82) is 0 Å². The smallest absolute Gasteiger partial charge is 0.191 e. The van der Waals surface area contributed by atoms with Crippen molar-refractivity contribution in [2.45, 2.75) is 84.4 Å². The van der Waals surface area contributed by atoms with E-state index >= 15 is 0 Å². The topological polar surface area (TPSA) is 68.2 Å². The molecule has 174 valence electrons. The molecular weight excluding hydrogens is 396 g/mol. The summed E-state index contributed by atoms with van der Waals surface area (Å²) in [5.74, 6) is 0.550. The highest BCUT2D eigenvalue weighted by Gasteiger charge is 2.37. The standard InChI is InChI=1S/C24H44O5Si/c1-18(16-28-17-20-11-13-21(27-6)14-12-20)23(26)19(2)22(25)10-9-15-29-30(7,8)24(3,4)5/h11-14,18-19,22-23,25-26H,9-10,15-17H2,1-8H3/t18-,19-,22+,23-/m0/s1. The first-order chi connectivity index (χ1) is 13.9. The van der Waals surface area contributed by atoms with Crippen LogP contribution in [-0.2, 0) is 15.8 Å². The van der Waals surface area contributed by atoms with Crippen molar-refractivity contribution in [3.05, 3.63) is 29.8 Å². The number of rotatable bonds is 13. The van der Waals surface area contributed by atoms with E-state index in [2.05, 4.69) is 33.9 Å². The van der Waals surface area contributed by atoms with Crippen LogP contribution in [-0.4, -0.2) is 51.1 Å². The van der Waals surface area contributed by atoms with Crippen molar-refractivity contribution in [2.75, 3.05) is 20.3 Å². The first kappa shape index (κ1) is 27.1. The quantitative estimate of drug-likeness (QED) is 0.333. The maximum atomic E-state index is 10.6. The Morgan fingerprint density at radius 1 is 1.03 bits per heavy atom. The fourth-order valence-electron chi connectivity index (χ4n) is 3.03. The lowest BCUT2D eigenvalue weighted by Gasteiger charge is -2.36. The molecule has 0 amide bonds. The van der Waals surface area contributed by atoms with Gasteiger partial charge in [0.05, 0.1) is 32.5 Å². The maximum Gasteiger partial charge on any atom is 0.191 e. The summed E-state index contributed by atoms with van der Waals surface area (Å²) in [7, 11) is -0.102. The molecule has 0 heterocycles. The number of aliphatic hydroxyl groups excluding tert-OH is 2. The van der Waals surface area contributed by atoms with Crippen molar-refractivity contribution in [1.82, 2.24) is 0 Å². The maximum absolute atomic E-state index is 10.6. The third kappa shape index (κ3) is 8.67. The summed E-state index contributed by atoms with van der Waals surface area (Å²) in [6.07, 6.45) is 0.267. The third-order valence-corrected chi connectivity index (χ3v) is 11.0. The predicted octanol–water partition coefficient (Wildman–Crippen LogP) is 5.01. The normalized spacial score (nSPS) is 16.7. The van der Waals surface area contributed by atoms with Crippen LogP contribution in [0.4, 0.5) is 0 Å². The van der Waals surface area contributed by atoms with E-state index in [0.29, 0.717) is 26.2 Å². The van der Waals surface area contributed by atoms with Gasteiger partial charge in [-0.2, -0.15) is 0 Å². The molecule has 0 saturated carbocycles. The lowest BCUT2D eigenvalue weighted by atomic mass is 9.88. The van der Waals surface area contributed by atoms with Crippen molar-refractivity contribution in [3.63, 3.8) is 0 Å². The Kier molecular flexibility index (Phi) is 11.0. The molecule has 1 rings (SSSR count). The molecule has 1 aromatic rings. The van der Waals surface area contributed by atoms with Crippen LogP contribution in [0.2, 0.25) is 18.1 Å². The van der Waals surface area contributed by atoms with Crippen molar-refractivity contribution in [2.24, 2.45) is 11.8 Å². The van der Waals surface area contributed by atoms with Crippen LogP contribution >= 0.6 is 0 Å². The van der Waals surface area contributed by atoms with E-state index in [1.165, 1.54) is 0 Å². The van der Waals surface area contributed by atoms with Crippen LogP contribution in [0.5, 0.6) is 5.75 Å². The van der Waals surface area contributed by atoms with Gasteiger partial charge in [0.25, 0.3) is 0 Å². The minimum Gasteiger partial charge on any atom is -0.497 e. The summed E-state index contributed by atoms with van der Waals surface area (Å²) in [6, 6.07) is 7.75. The molecule has 0 bridgehead atoms. The molecular formula is C24H44O5Si. The molecule has 4 atom stereocenters. The van der Waals surface area contributed by atoms with Gasteiger partial charge in [-0.1, -0.05) is 46.8 Å². The van der Waals surface area contributed by atoms with E-state index in [1.54, 1.807) is 7.11 Å². The van der Waals surface area contributed by atoms with Gasteiger partial charge in [-0.3, -0.25) is 0 Å². The molecule has 2 N–H and O–H groups in total. The minimum atomic E-state index is -1.75. The fourth-order valence-corrected chi connectivity index (χ4v) is 4.12. The van der Waals surface area contributed by atoms with Gasteiger partial charge >= 0.3 is 0 Å². The molecule has 0 saturated heterocycles. The van der Waals surface area contributed by atoms with Crippen LogP contribution < -0.4 is 4.74 Å². The summed E-state index contributed by atoms with van der Waals surface area (Å²) in [6.45, 7) is 16.6. The zero-order chi connectivity index (χ0) is 22.9. The van der Waals surface area contributed by atoms with Gasteiger partial charge in [0.1, 0.15) is 5.75 Å². The highest BCUT2D eigenvalue weighted by molar-refractivity contribution is 6.74. The molecule has 0 aliphatic rings. The van der Waals surface area contributed by atoms with E-state index in [0.717, 1.165) is 17.7 Å². The minimum absolute atomic E-state index is 0.0589. The van der Waals surface area contributed by atoms with Gasteiger partial charge in [-0.05, 0) is 48.7 Å². The van der Waals surface area contributed by atoms with Gasteiger partial charge in [0, 0.05) is 18.4 Å². The summed E-state index contributed by atoms with van der Waals surface area (Å²) in [5, 5.41) is 21.3. The number of benzene rings is 1. The van der Waals surface area contributed by atoms with Gasteiger partial charge in [0.15, 0.2) is 8.32 Å². The van der Waals surface area contributed by atoms with E-state index in [9.17, 15) is 10.2 Å². The molecule has 0 unspecified atom stereocenters. The second kappa shape index (κ2) is 12.2. The Morgan fingerprint density at radius 2 is 1.63 bits per heavy atom. The highest BCUT2D eigenvalue weighted by atomic mass is 28.4. The number of aliphatic hydroxyl groups is 2. The van der Waals surface area contributed by atoms with Crippen LogP contribution in [0.1, 0.15) is 53.0 Å². The van der Waals surface area contributed by atoms with Gasteiger partial charge in [-0.25, -0.2) is 0 Å². The second-order valence-electron chi connectivity index (χ2n) is 10.0. The second-order valence-corrected chi connectivity index (χ2v) is 14.8. The fraction of sp³-hybridized carbons (Fsp3) is 0.750. The molecule has 0 aliphatic carbocycles. The molecule has 0 aromatic heterocycles. The number of ether oxygens (including phenoxy) is 2. The Hall–Kier alpha value is -0.923. The van der Waals surface area contributed by atoms with Gasteiger partial charge < -0.3 is 24.1 Å². The molecule has 0 fully saturated rings. The van der Waals surface area contributed by atoms with E-state index < -0.39 is 20.5 Å². The van der Waals surface area contributed by atoms with E-state index in [1.807, 2.05) is 38.1 Å². The van der Waals surface area contributed by atoms with Crippen LogP contribution in [0.3, 0.4) is 0 Å². The van der Waals surface area contributed by atoms with Crippen LogP contribution in [0, 0.1) is 11.8 Å². The Morgan fingerprint density at radius 3 is 2.17 bits per heavy atom. The highest BCUT2D eigenvalue weighted by Crippen LogP contribution is 2.36. The average molecular weight is 441 g/mol. The number of hydrogen-bond donors (Lipinski definition) is 2. The summed E-state index contributed by atoms with van der Waals surface area (Å²) in [4.78, 5) is 0. The molecule has 6 heteroatoms. The average Bonchev–Trinajstić information content (AvgIpc) is 2.69. The van der Waals surface area contributed by atoms with E-state index in [-0.39, 0.29) is 16.9 Å². The largest absolute Gasteiger partial charge is 0.497 e. The SMILES string of the molecule is COc1ccc(COC[C@H](C)[C@H](O)[C@@H](C)[C@H](O)CCCO[Si](C)(C)C(C)(C)C)cc1. The van der Waals surface area contributed by atoms with Crippen molar-refractivity contribution < 1.29 is 24.1 Å².